The number of azide groups is 1. The lowest BCUT2D eigenvalue weighted by Crippen LogP contribution is -2.50. The van der Waals surface area contributed by atoms with Gasteiger partial charge in [0, 0.05) is 48.3 Å². The number of hydrogen-bond acceptors (Lipinski definition) is 13. The maximum Gasteiger partial charge on any atom is 0.408 e. The van der Waals surface area contributed by atoms with Gasteiger partial charge in [-0.15, -0.1) is 23.5 Å². The molecule has 20 heteroatoms. The van der Waals surface area contributed by atoms with E-state index in [-0.39, 0.29) is 34.9 Å². The number of benzene rings is 14. The third-order valence-electron chi connectivity index (χ3n) is 21.5. The van der Waals surface area contributed by atoms with Crippen LogP contribution in [0.3, 0.4) is 0 Å². The lowest BCUT2D eigenvalue weighted by atomic mass is 9.84. The molecule has 0 aliphatic heterocycles. The summed E-state index contributed by atoms with van der Waals surface area (Å²) in [5.74, 6) is -0.281. The summed E-state index contributed by atoms with van der Waals surface area (Å²) in [4.78, 5) is 65.6. The first kappa shape index (κ1) is 99.9. The Morgan fingerprint density at radius 3 is 1.05 bits per heavy atom. The molecule has 0 unspecified atom stereocenters. The van der Waals surface area contributed by atoms with Crippen LogP contribution in [0.1, 0.15) is 124 Å². The Hall–Kier alpha value is -13.7. The van der Waals surface area contributed by atoms with Gasteiger partial charge in [0.05, 0.1) is 33.7 Å². The average Bonchev–Trinajstić information content (AvgIpc) is 0.759. The second-order valence-corrected chi connectivity index (χ2v) is 37.1. The number of aryl methyl sites for hydroxylation is 3. The van der Waals surface area contributed by atoms with Gasteiger partial charge in [-0.25, -0.2) is 14.4 Å². The summed E-state index contributed by atoms with van der Waals surface area (Å²) < 4.78 is 10.2. The van der Waals surface area contributed by atoms with Crippen molar-refractivity contribution < 1.29 is 38.6 Å². The highest BCUT2D eigenvalue weighted by molar-refractivity contribution is 8.01. The molecule has 0 fully saturated rings. The Morgan fingerprint density at radius 1 is 0.391 bits per heavy atom. The fraction of sp³-hybridized carbons (Fsp3) is 0.212. The molecule has 133 heavy (non-hydrogen) atoms. The molecule has 17 nitrogen and oxygen atoms in total. The number of alkyl carbamates (subject to hydrolysis) is 2. The molecule has 8 N–H and O–H groups in total. The lowest BCUT2D eigenvalue weighted by Gasteiger charge is -2.37. The molecular formula is C113H117N9O8S3. The normalized spacial score (nSPS) is 11.8. The summed E-state index contributed by atoms with van der Waals surface area (Å²) >= 11 is 7.44. The molecule has 14 aromatic rings. The number of amides is 4. The Bertz CT molecular complexity index is 5970. The van der Waals surface area contributed by atoms with Crippen LogP contribution >= 0.6 is 36.2 Å². The van der Waals surface area contributed by atoms with Crippen molar-refractivity contribution in [3.05, 3.63) is 464 Å². The van der Waals surface area contributed by atoms with Crippen LogP contribution in [0.25, 0.3) is 55.0 Å². The SMILES string of the molecule is Cc1cccc(-c2cccc(CN=[N+]=[N-])c2)c1.Cc1cccc(-c2cccc(CNC(=O)[C@H](CSC(c3ccccc3)(c3ccccc3)c3ccccc3)NC(=O)OC(C)(C)C)c2)c1.Cc1cccc(-c2cccc(CNC[C@H](CSC(c3ccccc3)(c3ccccc3)c3ccccc3)NC(=O)OC(C)(C)C)c2)c1.N[C@@H](CS)C(=O)NCc1cccc(-c2cccc(C(=O)O)c2)c1. The fourth-order valence-corrected chi connectivity index (χ4v) is 18.5. The first-order valence-electron chi connectivity index (χ1n) is 44.3. The number of rotatable bonds is 32. The number of aromatic carboxylic acids is 1. The second kappa shape index (κ2) is 49.5. The van der Waals surface area contributed by atoms with Gasteiger partial charge in [-0.2, -0.15) is 12.6 Å². The van der Waals surface area contributed by atoms with Crippen molar-refractivity contribution >= 4 is 66.1 Å². The monoisotopic (exact) mass is 1820 g/mol. The van der Waals surface area contributed by atoms with Gasteiger partial charge in [0.2, 0.25) is 11.8 Å². The number of ether oxygens (including phenoxy) is 2. The maximum atomic E-state index is 13.9. The van der Waals surface area contributed by atoms with Crippen molar-refractivity contribution in [1.82, 2.24) is 26.6 Å². The molecule has 4 amide bonds. The first-order chi connectivity index (χ1) is 64.2. The maximum absolute atomic E-state index is 13.9. The third-order valence-corrected chi connectivity index (χ3v) is 25.2. The number of nitrogens with zero attached hydrogens (tertiary/aromatic N) is 3. The summed E-state index contributed by atoms with van der Waals surface area (Å²) in [5, 5.41) is 28.2. The second-order valence-electron chi connectivity index (χ2n) is 34.3. The van der Waals surface area contributed by atoms with Gasteiger partial charge in [0.25, 0.3) is 0 Å². The molecule has 0 bridgehead atoms. The summed E-state index contributed by atoms with van der Waals surface area (Å²) in [6, 6.07) is 126. The minimum atomic E-state index is -0.962. The largest absolute Gasteiger partial charge is 0.478 e. The van der Waals surface area contributed by atoms with Crippen molar-refractivity contribution in [3.63, 3.8) is 0 Å². The van der Waals surface area contributed by atoms with E-state index >= 15 is 0 Å². The van der Waals surface area contributed by atoms with Crippen LogP contribution in [-0.4, -0.2) is 88.2 Å². The highest BCUT2D eigenvalue weighted by Crippen LogP contribution is 2.50. The first-order valence-corrected chi connectivity index (χ1v) is 46.9. The number of hydrogen-bond donors (Lipinski definition) is 8. The van der Waals surface area contributed by atoms with Gasteiger partial charge in [0.1, 0.15) is 17.2 Å². The standard InChI is InChI=1S/C41H42N2O3S.C41H44N2O2S.C17H18N2O3S.C14H13N3/c1-30-16-14-18-32(26-30)33-19-15-17-31(27-33)28-42-38(44)37(43-39(45)46-40(2,3)4)29-47-41(34-20-8-5-9-21-34,35-22-10-6-11-23-35)36-24-12-7-13-25-36;1-31-16-14-18-33(26-31)34-19-15-17-32(27-34)28-42-29-38(43-39(44)45-40(2,3)4)30-46-41(35-20-8-5-9-21-35,36-22-10-6-11-23-36)37-24-12-7-13-25-37;18-15(10-23)16(20)19-9-11-3-1-4-12(7-11)13-5-2-6-14(8-13)17(21)22;1-11-4-2-6-13(8-11)14-7-3-5-12(9-14)10-16-17-15/h5-27,37H,28-29H2,1-4H3,(H,42,44)(H,43,45);5-27,38,42H,28-30H2,1-4H3,(H,43,44);1-8,15,23H,9-10,18H2,(H,19,20)(H,21,22);2-9H,10H2,1H3/t37-;38-;15-;/m010./s1. The molecule has 14 rings (SSSR count). The third kappa shape index (κ3) is 30.2. The Morgan fingerprint density at radius 2 is 0.699 bits per heavy atom. The minimum absolute atomic E-state index is 0.199. The number of thiol groups is 1. The molecule has 0 radical (unpaired) electrons. The van der Waals surface area contributed by atoms with Gasteiger partial charge in [-0.3, -0.25) is 9.59 Å². The van der Waals surface area contributed by atoms with Crippen LogP contribution in [0.5, 0.6) is 0 Å². The van der Waals surface area contributed by atoms with Gasteiger partial charge < -0.3 is 46.9 Å². The number of carboxylic acid groups (broad SMARTS) is 1. The molecule has 0 aliphatic rings. The van der Waals surface area contributed by atoms with Gasteiger partial charge in [-0.1, -0.05) is 368 Å². The van der Waals surface area contributed by atoms with Crippen molar-refractivity contribution in [2.45, 2.75) is 127 Å². The molecule has 0 heterocycles. The van der Waals surface area contributed by atoms with Crippen LogP contribution < -0.4 is 32.3 Å². The number of nitrogens with two attached hydrogens (primary N) is 1. The molecule has 0 spiro atoms. The number of carbonyl (C=O) groups excluding carboxylic acids is 4. The molecule has 680 valence electrons. The fourth-order valence-electron chi connectivity index (χ4n) is 15.2. The quantitative estimate of drug-likeness (QED) is 0.00644. The van der Waals surface area contributed by atoms with E-state index in [0.717, 1.165) is 61.2 Å². The van der Waals surface area contributed by atoms with Crippen molar-refractivity contribution in [1.29, 1.82) is 0 Å². The van der Waals surface area contributed by atoms with E-state index in [2.05, 4.69) is 307 Å². The molecule has 0 aromatic heterocycles. The van der Waals surface area contributed by atoms with E-state index in [1.807, 2.05) is 175 Å². The van der Waals surface area contributed by atoms with Crippen LogP contribution in [0.2, 0.25) is 0 Å². The van der Waals surface area contributed by atoms with Crippen molar-refractivity contribution in [2.24, 2.45) is 10.8 Å². The summed E-state index contributed by atoms with van der Waals surface area (Å²) in [6.45, 7) is 19.7. The topological polar surface area (TPSA) is 259 Å². The van der Waals surface area contributed by atoms with E-state index in [1.54, 1.807) is 30.0 Å². The van der Waals surface area contributed by atoms with Gasteiger partial charge in [0.15, 0.2) is 0 Å². The molecule has 14 aromatic carbocycles. The zero-order chi connectivity index (χ0) is 94.6. The highest BCUT2D eigenvalue weighted by Gasteiger charge is 2.41. The predicted molar refractivity (Wildman–Crippen MR) is 548 cm³/mol. The van der Waals surface area contributed by atoms with Gasteiger partial charge >= 0.3 is 18.2 Å². The predicted octanol–water partition coefficient (Wildman–Crippen LogP) is 24.7. The number of thioether (sulfide) groups is 2. The number of carboxylic acids is 1. The minimum Gasteiger partial charge on any atom is -0.478 e. The zero-order valence-corrected chi connectivity index (χ0v) is 79.2. The molecular weight excluding hydrogens is 1710 g/mol. The van der Waals surface area contributed by atoms with Gasteiger partial charge in [-0.05, 0) is 198 Å². The summed E-state index contributed by atoms with van der Waals surface area (Å²) in [5.41, 5.74) is 36.0. The molecule has 0 saturated heterocycles. The molecule has 0 aliphatic carbocycles. The number of nitrogens with one attached hydrogen (secondary N) is 5. The van der Waals surface area contributed by atoms with Crippen LogP contribution in [0, 0.1) is 20.8 Å². The average molecular weight is 1830 g/mol. The van der Waals surface area contributed by atoms with Crippen LogP contribution in [0.4, 0.5) is 9.59 Å². The Balaban J connectivity index is 0.000000184. The molecule has 0 saturated carbocycles. The van der Waals surface area contributed by atoms with Crippen LogP contribution in [0.15, 0.2) is 381 Å². The van der Waals surface area contributed by atoms with E-state index in [0.29, 0.717) is 38.5 Å². The highest BCUT2D eigenvalue weighted by atomic mass is 32.2. The Kier molecular flexibility index (Phi) is 37.2. The smallest absolute Gasteiger partial charge is 0.408 e. The van der Waals surface area contributed by atoms with Crippen molar-refractivity contribution in [2.75, 3.05) is 23.8 Å². The lowest BCUT2D eigenvalue weighted by molar-refractivity contribution is -0.123. The Labute approximate surface area is 796 Å². The van der Waals surface area contributed by atoms with E-state index < -0.39 is 50.9 Å². The van der Waals surface area contributed by atoms with E-state index in [4.69, 9.17) is 25.8 Å². The van der Waals surface area contributed by atoms with Crippen LogP contribution in [-0.2, 0) is 54.7 Å². The van der Waals surface area contributed by atoms with Crippen molar-refractivity contribution in [3.8, 4) is 44.5 Å². The summed E-state index contributed by atoms with van der Waals surface area (Å²) in [7, 11) is 0. The number of carbonyl (C=O) groups is 5. The molecule has 3 atom stereocenters. The van der Waals surface area contributed by atoms with E-state index in [9.17, 15) is 24.0 Å². The summed E-state index contributed by atoms with van der Waals surface area (Å²) in [6.07, 6.45) is -1.05. The van der Waals surface area contributed by atoms with E-state index in [1.165, 1.54) is 55.6 Å². The zero-order valence-electron chi connectivity index (χ0n) is 76.7.